The minimum absolute atomic E-state index is 0.136. The van der Waals surface area contributed by atoms with Gasteiger partial charge in [-0.2, -0.15) is 9.57 Å². The molecule has 0 saturated heterocycles. The highest BCUT2D eigenvalue weighted by Gasteiger charge is 2.21. The van der Waals surface area contributed by atoms with Gasteiger partial charge in [-0.25, -0.2) is 8.42 Å². The van der Waals surface area contributed by atoms with Crippen molar-refractivity contribution in [1.82, 2.24) is 4.31 Å². The summed E-state index contributed by atoms with van der Waals surface area (Å²) >= 11 is 0. The molecule has 0 fully saturated rings. The summed E-state index contributed by atoms with van der Waals surface area (Å²) in [6.45, 7) is 2.26. The van der Waals surface area contributed by atoms with E-state index in [4.69, 9.17) is 5.26 Å². The van der Waals surface area contributed by atoms with Crippen LogP contribution >= 0.6 is 0 Å². The summed E-state index contributed by atoms with van der Waals surface area (Å²) in [6, 6.07) is 15.7. The molecule has 0 aliphatic rings. The normalized spacial score (nSPS) is 11.3. The van der Waals surface area contributed by atoms with Gasteiger partial charge in [0.25, 0.3) is 0 Å². The molecule has 2 aromatic rings. The first-order valence-corrected chi connectivity index (χ1v) is 7.89. The minimum atomic E-state index is -3.60. The number of hydrogen-bond acceptors (Lipinski definition) is 3. The molecule has 4 nitrogen and oxygen atoms in total. The van der Waals surface area contributed by atoms with Crippen LogP contribution in [0.2, 0.25) is 0 Å². The average Bonchev–Trinajstić information content (AvgIpc) is 2.47. The fraction of sp³-hybridized carbons (Fsp3) is 0.188. The first-order chi connectivity index (χ1) is 9.93. The third-order valence-corrected chi connectivity index (χ3v) is 4.96. The van der Waals surface area contributed by atoms with E-state index in [0.717, 1.165) is 11.1 Å². The molecule has 0 amide bonds. The standard InChI is InChI=1S/C16H16N2O2S/c1-13-5-3-7-15(9-13)12-18(2)21(19,20)16-8-4-6-14(10-16)11-17/h3-10H,12H2,1-2H3. The summed E-state index contributed by atoms with van der Waals surface area (Å²) < 4.78 is 26.3. The molecule has 2 rings (SSSR count). The number of hydrogen-bond donors (Lipinski definition) is 0. The summed E-state index contributed by atoms with van der Waals surface area (Å²) in [5, 5.41) is 8.87. The van der Waals surface area contributed by atoms with Gasteiger partial charge in [-0.1, -0.05) is 35.9 Å². The zero-order valence-electron chi connectivity index (χ0n) is 11.9. The lowest BCUT2D eigenvalue weighted by atomic mass is 10.1. The van der Waals surface area contributed by atoms with E-state index < -0.39 is 10.0 Å². The zero-order chi connectivity index (χ0) is 15.5. The van der Waals surface area contributed by atoms with Crippen LogP contribution in [0.25, 0.3) is 0 Å². The number of rotatable bonds is 4. The molecule has 0 unspecified atom stereocenters. The summed E-state index contributed by atoms with van der Waals surface area (Å²) in [5.41, 5.74) is 2.35. The molecule has 0 aromatic heterocycles. The monoisotopic (exact) mass is 300 g/mol. The molecule has 0 aliphatic heterocycles. The lowest BCUT2D eigenvalue weighted by Crippen LogP contribution is -2.26. The van der Waals surface area contributed by atoms with Gasteiger partial charge in [0.1, 0.15) is 0 Å². The SMILES string of the molecule is Cc1cccc(CN(C)S(=O)(=O)c2cccc(C#N)c2)c1. The van der Waals surface area contributed by atoms with Crippen LogP contribution in [0.5, 0.6) is 0 Å². The Kier molecular flexibility index (Phi) is 4.41. The molecule has 108 valence electrons. The summed E-state index contributed by atoms with van der Waals surface area (Å²) in [7, 11) is -2.06. The van der Waals surface area contributed by atoms with Gasteiger partial charge >= 0.3 is 0 Å². The van der Waals surface area contributed by atoms with Crippen LogP contribution in [-0.2, 0) is 16.6 Å². The fourth-order valence-electron chi connectivity index (χ4n) is 2.06. The van der Waals surface area contributed by atoms with Crippen LogP contribution in [0.1, 0.15) is 16.7 Å². The maximum absolute atomic E-state index is 12.5. The van der Waals surface area contributed by atoms with Crippen molar-refractivity contribution in [2.45, 2.75) is 18.4 Å². The Morgan fingerprint density at radius 1 is 1.14 bits per heavy atom. The van der Waals surface area contributed by atoms with Gasteiger partial charge in [0.15, 0.2) is 0 Å². The molecule has 0 aliphatic carbocycles. The van der Waals surface area contributed by atoms with Crippen molar-refractivity contribution in [2.75, 3.05) is 7.05 Å². The molecule has 5 heteroatoms. The van der Waals surface area contributed by atoms with E-state index in [1.807, 2.05) is 37.3 Å². The van der Waals surface area contributed by atoms with Gasteiger partial charge in [0, 0.05) is 13.6 Å². The Balaban J connectivity index is 2.28. The molecule has 0 atom stereocenters. The quantitative estimate of drug-likeness (QED) is 0.872. The van der Waals surface area contributed by atoms with Crippen molar-refractivity contribution in [3.8, 4) is 6.07 Å². The van der Waals surface area contributed by atoms with E-state index in [9.17, 15) is 8.42 Å². The lowest BCUT2D eigenvalue weighted by molar-refractivity contribution is 0.466. The molecule has 0 heterocycles. The maximum atomic E-state index is 12.5. The second-order valence-electron chi connectivity index (χ2n) is 4.89. The van der Waals surface area contributed by atoms with E-state index in [-0.39, 0.29) is 4.90 Å². The topological polar surface area (TPSA) is 61.2 Å². The minimum Gasteiger partial charge on any atom is -0.207 e. The van der Waals surface area contributed by atoms with Crippen LogP contribution in [0.3, 0.4) is 0 Å². The second-order valence-corrected chi connectivity index (χ2v) is 6.93. The summed E-state index contributed by atoms with van der Waals surface area (Å²) in [4.78, 5) is 0.136. The molecule has 2 aromatic carbocycles. The lowest BCUT2D eigenvalue weighted by Gasteiger charge is -2.17. The van der Waals surface area contributed by atoms with Gasteiger partial charge in [0.2, 0.25) is 10.0 Å². The zero-order valence-corrected chi connectivity index (χ0v) is 12.8. The van der Waals surface area contributed by atoms with Crippen LogP contribution in [0.15, 0.2) is 53.4 Å². The Morgan fingerprint density at radius 2 is 1.86 bits per heavy atom. The number of benzene rings is 2. The van der Waals surface area contributed by atoms with Crippen molar-refractivity contribution in [3.05, 3.63) is 65.2 Å². The Hall–Kier alpha value is -2.16. The Labute approximate surface area is 125 Å². The number of nitriles is 1. The summed E-state index contributed by atoms with van der Waals surface area (Å²) in [6.07, 6.45) is 0. The highest BCUT2D eigenvalue weighted by molar-refractivity contribution is 7.89. The third-order valence-electron chi connectivity index (χ3n) is 3.16. The van der Waals surface area contributed by atoms with Crippen LogP contribution in [-0.4, -0.2) is 19.8 Å². The number of aryl methyl sites for hydroxylation is 1. The molecule has 0 radical (unpaired) electrons. The Morgan fingerprint density at radius 3 is 2.52 bits per heavy atom. The molecule has 0 bridgehead atoms. The van der Waals surface area contributed by atoms with Gasteiger partial charge in [-0.15, -0.1) is 0 Å². The predicted molar refractivity (Wildman–Crippen MR) is 81.0 cm³/mol. The maximum Gasteiger partial charge on any atom is 0.243 e. The van der Waals surface area contributed by atoms with E-state index in [1.165, 1.54) is 23.5 Å². The van der Waals surface area contributed by atoms with E-state index in [0.29, 0.717) is 12.1 Å². The van der Waals surface area contributed by atoms with Crippen LogP contribution in [0.4, 0.5) is 0 Å². The number of sulfonamides is 1. The number of nitrogens with zero attached hydrogens (tertiary/aromatic N) is 2. The highest BCUT2D eigenvalue weighted by Crippen LogP contribution is 2.18. The molecule has 0 saturated carbocycles. The smallest absolute Gasteiger partial charge is 0.207 e. The van der Waals surface area contributed by atoms with Crippen molar-refractivity contribution < 1.29 is 8.42 Å². The van der Waals surface area contributed by atoms with Crippen molar-refractivity contribution in [3.63, 3.8) is 0 Å². The molecule has 0 spiro atoms. The third kappa shape index (κ3) is 3.48. The van der Waals surface area contributed by atoms with Crippen LogP contribution < -0.4 is 0 Å². The average molecular weight is 300 g/mol. The predicted octanol–water partition coefficient (Wildman–Crippen LogP) is 2.69. The first-order valence-electron chi connectivity index (χ1n) is 6.45. The summed E-state index contributed by atoms with van der Waals surface area (Å²) in [5.74, 6) is 0. The molecule has 0 N–H and O–H groups in total. The van der Waals surface area contributed by atoms with Crippen molar-refractivity contribution in [2.24, 2.45) is 0 Å². The van der Waals surface area contributed by atoms with Crippen molar-refractivity contribution in [1.29, 1.82) is 5.26 Å². The molecule has 21 heavy (non-hydrogen) atoms. The largest absolute Gasteiger partial charge is 0.243 e. The van der Waals surface area contributed by atoms with Crippen molar-refractivity contribution >= 4 is 10.0 Å². The Bertz CT molecular complexity index is 792. The van der Waals surface area contributed by atoms with Crippen LogP contribution in [0, 0.1) is 18.3 Å². The van der Waals surface area contributed by atoms with E-state index in [2.05, 4.69) is 0 Å². The van der Waals surface area contributed by atoms with E-state index in [1.54, 1.807) is 12.1 Å². The first kappa shape index (κ1) is 15.2. The molecular weight excluding hydrogens is 284 g/mol. The van der Waals surface area contributed by atoms with Gasteiger partial charge < -0.3 is 0 Å². The fourth-order valence-corrected chi connectivity index (χ4v) is 3.26. The second kappa shape index (κ2) is 6.08. The highest BCUT2D eigenvalue weighted by atomic mass is 32.2. The van der Waals surface area contributed by atoms with Gasteiger partial charge in [-0.3, -0.25) is 0 Å². The van der Waals surface area contributed by atoms with Gasteiger partial charge in [-0.05, 0) is 30.7 Å². The van der Waals surface area contributed by atoms with Gasteiger partial charge in [0.05, 0.1) is 16.5 Å². The van der Waals surface area contributed by atoms with E-state index >= 15 is 0 Å². The molecular formula is C16H16N2O2S.